The molecule has 1 aromatic carbocycles. The first-order valence-corrected chi connectivity index (χ1v) is 6.93. The van der Waals surface area contributed by atoms with Crippen LogP contribution in [0.2, 0.25) is 4.34 Å². The Morgan fingerprint density at radius 3 is 2.74 bits per heavy atom. The van der Waals surface area contributed by atoms with Crippen LogP contribution in [0.5, 0.6) is 0 Å². The molecule has 0 saturated heterocycles. The molecule has 0 bridgehead atoms. The summed E-state index contributed by atoms with van der Waals surface area (Å²) in [5.41, 5.74) is 4.92. The molecule has 5 heteroatoms. The number of aryl methyl sites for hydroxylation is 1. The zero-order valence-corrected chi connectivity index (χ0v) is 12.2. The van der Waals surface area contributed by atoms with Gasteiger partial charge in [-0.15, -0.1) is 11.3 Å². The molecule has 0 unspecified atom stereocenters. The molecule has 0 fully saturated rings. The lowest BCUT2D eigenvalue weighted by Gasteiger charge is -2.02. The average molecular weight is 293 g/mol. The van der Waals surface area contributed by atoms with Crippen LogP contribution < -0.4 is 5.43 Å². The first-order valence-electron chi connectivity index (χ1n) is 5.73. The van der Waals surface area contributed by atoms with Crippen LogP contribution >= 0.6 is 22.9 Å². The molecule has 2 aromatic rings. The number of rotatable bonds is 3. The Labute approximate surface area is 120 Å². The first-order chi connectivity index (χ1) is 9.06. The molecular weight excluding hydrogens is 280 g/mol. The molecule has 98 valence electrons. The van der Waals surface area contributed by atoms with Gasteiger partial charge in [-0.05, 0) is 38.1 Å². The molecule has 1 aromatic heterocycles. The molecule has 0 saturated carbocycles. The van der Waals surface area contributed by atoms with Gasteiger partial charge < -0.3 is 0 Å². The van der Waals surface area contributed by atoms with Crippen LogP contribution in [0.25, 0.3) is 0 Å². The molecule has 0 aliphatic carbocycles. The highest BCUT2D eigenvalue weighted by Gasteiger charge is 2.06. The zero-order valence-electron chi connectivity index (χ0n) is 10.6. The smallest absolute Gasteiger partial charge is 0.267 e. The van der Waals surface area contributed by atoms with E-state index in [1.165, 1.54) is 11.3 Å². The summed E-state index contributed by atoms with van der Waals surface area (Å²) in [7, 11) is 0. The van der Waals surface area contributed by atoms with Gasteiger partial charge in [0.05, 0.1) is 14.9 Å². The molecule has 2 rings (SSSR count). The highest BCUT2D eigenvalue weighted by atomic mass is 35.5. The Balaban J connectivity index is 2.07. The van der Waals surface area contributed by atoms with E-state index < -0.39 is 0 Å². The highest BCUT2D eigenvalue weighted by molar-refractivity contribution is 7.18. The van der Waals surface area contributed by atoms with Gasteiger partial charge in [-0.2, -0.15) is 5.10 Å². The Morgan fingerprint density at radius 1 is 1.32 bits per heavy atom. The van der Waals surface area contributed by atoms with Crippen LogP contribution in [-0.2, 0) is 0 Å². The molecule has 0 atom stereocenters. The van der Waals surface area contributed by atoms with Crippen LogP contribution in [0.1, 0.15) is 27.7 Å². The van der Waals surface area contributed by atoms with Crippen LogP contribution in [0.15, 0.2) is 41.5 Å². The van der Waals surface area contributed by atoms with E-state index in [2.05, 4.69) is 10.5 Å². The number of carbonyl (C=O) groups excluding carboxylic acids is 1. The van der Waals surface area contributed by atoms with Crippen molar-refractivity contribution in [3.8, 4) is 0 Å². The quantitative estimate of drug-likeness (QED) is 0.677. The second kappa shape index (κ2) is 5.99. The molecule has 1 N–H and O–H groups in total. The molecule has 0 radical (unpaired) electrons. The van der Waals surface area contributed by atoms with Crippen molar-refractivity contribution in [3.05, 3.63) is 56.7 Å². The van der Waals surface area contributed by atoms with Crippen molar-refractivity contribution in [1.29, 1.82) is 0 Å². The van der Waals surface area contributed by atoms with Crippen molar-refractivity contribution in [2.45, 2.75) is 13.8 Å². The van der Waals surface area contributed by atoms with Crippen LogP contribution in [-0.4, -0.2) is 11.6 Å². The Kier molecular flexibility index (Phi) is 4.35. The van der Waals surface area contributed by atoms with Gasteiger partial charge in [-0.3, -0.25) is 4.79 Å². The number of hydrogen-bond donors (Lipinski definition) is 1. The molecule has 19 heavy (non-hydrogen) atoms. The van der Waals surface area contributed by atoms with Gasteiger partial charge in [0.2, 0.25) is 0 Å². The molecule has 1 amide bonds. The number of benzene rings is 1. The van der Waals surface area contributed by atoms with Crippen LogP contribution in [0, 0.1) is 6.92 Å². The molecule has 0 spiro atoms. The van der Waals surface area contributed by atoms with Gasteiger partial charge >= 0.3 is 0 Å². The Hall–Kier alpha value is -1.65. The van der Waals surface area contributed by atoms with Crippen LogP contribution in [0.4, 0.5) is 0 Å². The summed E-state index contributed by atoms with van der Waals surface area (Å²) in [4.78, 5) is 12.8. The van der Waals surface area contributed by atoms with E-state index in [0.717, 1.165) is 16.2 Å². The zero-order chi connectivity index (χ0) is 13.8. The summed E-state index contributed by atoms with van der Waals surface area (Å²) < 4.78 is 0.703. The van der Waals surface area contributed by atoms with Gasteiger partial charge in [0.15, 0.2) is 0 Å². The minimum Gasteiger partial charge on any atom is -0.267 e. The van der Waals surface area contributed by atoms with Crippen molar-refractivity contribution in [1.82, 2.24) is 5.43 Å². The first kappa shape index (κ1) is 13.8. The number of nitrogens with zero attached hydrogens (tertiary/aromatic N) is 1. The number of hydrazone groups is 1. The second-order valence-electron chi connectivity index (χ2n) is 4.11. The molecular formula is C14H13ClN2OS. The minimum atomic E-state index is -0.217. The third-order valence-electron chi connectivity index (χ3n) is 2.54. The lowest BCUT2D eigenvalue weighted by molar-refractivity contribution is 0.0955. The fourth-order valence-corrected chi connectivity index (χ4v) is 2.54. The number of thiophene rings is 1. The van der Waals surface area contributed by atoms with E-state index in [9.17, 15) is 4.79 Å². The summed E-state index contributed by atoms with van der Waals surface area (Å²) in [6.07, 6.45) is 0. The fourth-order valence-electron chi connectivity index (χ4n) is 1.55. The fraction of sp³-hybridized carbons (Fsp3) is 0.143. The largest absolute Gasteiger partial charge is 0.271 e. The van der Waals surface area contributed by atoms with Gasteiger partial charge in [-0.25, -0.2) is 5.43 Å². The lowest BCUT2D eigenvalue weighted by Crippen LogP contribution is -2.19. The maximum Gasteiger partial charge on any atom is 0.271 e. The van der Waals surface area contributed by atoms with Gasteiger partial charge in [0.1, 0.15) is 0 Å². The molecule has 0 aliphatic heterocycles. The van der Waals surface area contributed by atoms with Crippen molar-refractivity contribution < 1.29 is 4.79 Å². The number of nitrogens with one attached hydrogen (secondary N) is 1. The topological polar surface area (TPSA) is 41.5 Å². The summed E-state index contributed by atoms with van der Waals surface area (Å²) in [6, 6.07) is 11.1. The van der Waals surface area contributed by atoms with Crippen molar-refractivity contribution >= 4 is 34.6 Å². The van der Waals surface area contributed by atoms with Gasteiger partial charge in [0, 0.05) is 5.56 Å². The Morgan fingerprint density at radius 2 is 2.11 bits per heavy atom. The normalized spacial score (nSPS) is 11.4. The monoisotopic (exact) mass is 292 g/mol. The van der Waals surface area contributed by atoms with Crippen molar-refractivity contribution in [2.75, 3.05) is 0 Å². The van der Waals surface area contributed by atoms with E-state index >= 15 is 0 Å². The Bertz CT molecular complexity index is 634. The summed E-state index contributed by atoms with van der Waals surface area (Å²) in [6.45, 7) is 3.78. The number of carbonyl (C=O) groups is 1. The highest BCUT2D eigenvalue weighted by Crippen LogP contribution is 2.21. The van der Waals surface area contributed by atoms with Crippen LogP contribution in [0.3, 0.4) is 0 Å². The summed E-state index contributed by atoms with van der Waals surface area (Å²) in [5, 5.41) is 4.08. The van der Waals surface area contributed by atoms with Crippen molar-refractivity contribution in [3.63, 3.8) is 0 Å². The van der Waals surface area contributed by atoms with E-state index in [-0.39, 0.29) is 5.91 Å². The third-order valence-corrected chi connectivity index (χ3v) is 3.88. The van der Waals surface area contributed by atoms with Gasteiger partial charge in [-0.1, -0.05) is 29.3 Å². The lowest BCUT2D eigenvalue weighted by atomic mass is 10.1. The maximum atomic E-state index is 11.9. The maximum absolute atomic E-state index is 11.9. The van der Waals surface area contributed by atoms with Crippen molar-refractivity contribution in [2.24, 2.45) is 5.10 Å². The summed E-state index contributed by atoms with van der Waals surface area (Å²) in [5.74, 6) is -0.217. The molecule has 3 nitrogen and oxygen atoms in total. The van der Waals surface area contributed by atoms with Gasteiger partial charge in [0.25, 0.3) is 5.91 Å². The third kappa shape index (κ3) is 3.66. The summed E-state index contributed by atoms with van der Waals surface area (Å²) >= 11 is 7.29. The SMILES string of the molecule is C/C(=N\NC(=O)c1cccc(C)c1)c1ccc(Cl)s1. The number of hydrogen-bond acceptors (Lipinski definition) is 3. The minimum absolute atomic E-state index is 0.217. The molecule has 1 heterocycles. The standard InChI is InChI=1S/C14H13ClN2OS/c1-9-4-3-5-11(8-9)14(18)17-16-10(2)12-6-7-13(15)19-12/h3-8H,1-2H3,(H,17,18)/b16-10+. The van der Waals surface area contributed by atoms with E-state index in [0.29, 0.717) is 9.90 Å². The average Bonchev–Trinajstić information content (AvgIpc) is 2.82. The van der Waals surface area contributed by atoms with E-state index in [1.54, 1.807) is 6.07 Å². The number of halogens is 1. The molecule has 0 aliphatic rings. The van der Waals surface area contributed by atoms with E-state index in [1.807, 2.05) is 44.2 Å². The second-order valence-corrected chi connectivity index (χ2v) is 5.83. The predicted molar refractivity (Wildman–Crippen MR) is 80.2 cm³/mol. The predicted octanol–water partition coefficient (Wildman–Crippen LogP) is 3.86. The number of amides is 1. The van der Waals surface area contributed by atoms with E-state index in [4.69, 9.17) is 11.6 Å².